The molecule has 4 rings (SSSR count). The number of allylic oxidation sites excluding steroid dienone is 4. The van der Waals surface area contributed by atoms with Crippen molar-refractivity contribution in [3.8, 4) is 0 Å². The lowest BCUT2D eigenvalue weighted by Gasteiger charge is -2.25. The highest BCUT2D eigenvalue weighted by Crippen LogP contribution is 2.31. The fourth-order valence-electron chi connectivity index (χ4n) is 4.48. The van der Waals surface area contributed by atoms with Gasteiger partial charge < -0.3 is 25.1 Å². The first-order valence-electron chi connectivity index (χ1n) is 12.1. The lowest BCUT2D eigenvalue weighted by molar-refractivity contribution is 0.0246. The number of carbonyl (C=O) groups excluding carboxylic acids is 1. The molecule has 0 saturated carbocycles. The van der Waals surface area contributed by atoms with Gasteiger partial charge in [-0.1, -0.05) is 0 Å². The third-order valence-corrected chi connectivity index (χ3v) is 6.47. The second kappa shape index (κ2) is 11.4. The molecule has 7 nitrogen and oxygen atoms in total. The van der Waals surface area contributed by atoms with Crippen LogP contribution in [0.25, 0.3) is 5.76 Å². The lowest BCUT2D eigenvalue weighted by Crippen LogP contribution is -2.45. The first-order chi connectivity index (χ1) is 17.3. The zero-order valence-corrected chi connectivity index (χ0v) is 20.1. The molecule has 2 heterocycles. The average Bonchev–Trinajstić information content (AvgIpc) is 3.20. The van der Waals surface area contributed by atoms with Crippen LogP contribution in [0.4, 0.5) is 17.6 Å². The highest BCUT2D eigenvalue weighted by Gasteiger charge is 2.28. The second-order valence-electron chi connectivity index (χ2n) is 9.06. The summed E-state index contributed by atoms with van der Waals surface area (Å²) in [4.78, 5) is 17.6. The van der Waals surface area contributed by atoms with Gasteiger partial charge >= 0.3 is 0 Å². The van der Waals surface area contributed by atoms with Crippen molar-refractivity contribution in [2.75, 3.05) is 19.8 Å². The summed E-state index contributed by atoms with van der Waals surface area (Å²) >= 11 is 0. The predicted molar refractivity (Wildman–Crippen MR) is 125 cm³/mol. The van der Waals surface area contributed by atoms with Gasteiger partial charge in [0.05, 0.1) is 30.0 Å². The first kappa shape index (κ1) is 26.2. The smallest absolute Gasteiger partial charge is 0.270 e. The molecule has 0 spiro atoms. The van der Waals surface area contributed by atoms with Crippen LogP contribution in [0.2, 0.25) is 0 Å². The maximum absolute atomic E-state index is 14.1. The van der Waals surface area contributed by atoms with Gasteiger partial charge in [0.15, 0.2) is 11.6 Å². The number of amides is 1. The number of halogens is 4. The number of rotatable bonds is 9. The highest BCUT2D eigenvalue weighted by molar-refractivity contribution is 5.94. The van der Waals surface area contributed by atoms with E-state index in [4.69, 9.17) is 15.2 Å². The normalized spacial score (nSPS) is 21.1. The zero-order valence-electron chi connectivity index (χ0n) is 20.1. The molecule has 1 aromatic rings. The minimum absolute atomic E-state index is 0.0118. The molecule has 0 fully saturated rings. The number of nitrogens with two attached hydrogens (primary N) is 1. The van der Waals surface area contributed by atoms with Crippen molar-refractivity contribution >= 4 is 11.7 Å². The van der Waals surface area contributed by atoms with Crippen LogP contribution in [0.3, 0.4) is 0 Å². The van der Waals surface area contributed by atoms with Crippen LogP contribution in [0.1, 0.15) is 60.5 Å². The van der Waals surface area contributed by atoms with Crippen LogP contribution in [0, 0.1) is 6.92 Å². The Bertz CT molecular complexity index is 1140. The van der Waals surface area contributed by atoms with Gasteiger partial charge in [-0.25, -0.2) is 22.5 Å². The van der Waals surface area contributed by atoms with Gasteiger partial charge in [-0.15, -0.1) is 0 Å². The second-order valence-corrected chi connectivity index (χ2v) is 9.06. The van der Waals surface area contributed by atoms with E-state index in [0.29, 0.717) is 48.8 Å². The number of hydrogen-bond acceptors (Lipinski definition) is 5. The molecule has 1 amide bonds. The minimum Gasteiger partial charge on any atom is -0.485 e. The summed E-state index contributed by atoms with van der Waals surface area (Å²) < 4.78 is 68.0. The van der Waals surface area contributed by atoms with E-state index in [1.165, 1.54) is 6.08 Å². The first-order valence-corrected chi connectivity index (χ1v) is 12.1. The van der Waals surface area contributed by atoms with E-state index in [-0.39, 0.29) is 44.6 Å². The Morgan fingerprint density at radius 1 is 1.19 bits per heavy atom. The number of carbonyl (C=O) groups is 1. The van der Waals surface area contributed by atoms with Crippen molar-refractivity contribution in [3.05, 3.63) is 58.2 Å². The molecular weight excluding hydrogens is 480 g/mol. The Hall–Kier alpha value is -2.92. The van der Waals surface area contributed by atoms with E-state index in [2.05, 4.69) is 10.3 Å². The van der Waals surface area contributed by atoms with Gasteiger partial charge in [0.25, 0.3) is 5.91 Å². The third kappa shape index (κ3) is 5.73. The Kier molecular flexibility index (Phi) is 8.30. The van der Waals surface area contributed by atoms with E-state index < -0.39 is 41.4 Å². The number of aromatic nitrogens is 2. The maximum Gasteiger partial charge on any atom is 0.270 e. The molecule has 36 heavy (non-hydrogen) atoms. The van der Waals surface area contributed by atoms with Crippen LogP contribution in [0.5, 0.6) is 0 Å². The topological polar surface area (TPSA) is 91.4 Å². The standard InChI is InChI=1S/C25H30F4N4O3/c1-14-23(25(34)32-15(11-30)12-35-16-7-8-20(28)21(29)10-16)33-9-3-6-22(24(33)31-14)36-13-17-18(26)4-2-5-19(17)27/h4,6,15-16H,2-3,5,7-13,30H2,1H3,(H,32,34). The summed E-state index contributed by atoms with van der Waals surface area (Å²) in [5.41, 5.74) is 6.48. The maximum atomic E-state index is 14.1. The lowest BCUT2D eigenvalue weighted by atomic mass is 10.0. The fourth-order valence-corrected chi connectivity index (χ4v) is 4.48. The van der Waals surface area contributed by atoms with Gasteiger partial charge in [-0.3, -0.25) is 4.79 Å². The van der Waals surface area contributed by atoms with Crippen molar-refractivity contribution < 1.29 is 31.8 Å². The SMILES string of the molecule is Cc1nc2n(c1C(=O)NC(CN)COC1CCC(F)=C(F)C1)CCC=C2OCC1=C(F)CCC=C1F. The fraction of sp³-hybridized carbons (Fsp3) is 0.520. The van der Waals surface area contributed by atoms with Gasteiger partial charge in [-0.2, -0.15) is 0 Å². The average molecular weight is 511 g/mol. The minimum atomic E-state index is -0.798. The molecule has 2 aliphatic carbocycles. The molecule has 0 saturated heterocycles. The molecule has 0 aromatic carbocycles. The molecule has 11 heteroatoms. The van der Waals surface area contributed by atoms with Gasteiger partial charge in [0, 0.05) is 32.4 Å². The van der Waals surface area contributed by atoms with Crippen LogP contribution >= 0.6 is 0 Å². The van der Waals surface area contributed by atoms with Gasteiger partial charge in [0.2, 0.25) is 0 Å². The zero-order chi connectivity index (χ0) is 25.8. The van der Waals surface area contributed by atoms with Crippen molar-refractivity contribution in [2.24, 2.45) is 5.73 Å². The van der Waals surface area contributed by atoms with Gasteiger partial charge in [-0.05, 0) is 38.3 Å². The Morgan fingerprint density at radius 2 is 2.00 bits per heavy atom. The van der Waals surface area contributed by atoms with E-state index in [1.807, 2.05) is 0 Å². The number of aryl methyl sites for hydroxylation is 1. The number of ether oxygens (including phenoxy) is 2. The summed E-state index contributed by atoms with van der Waals surface area (Å²) in [6, 6.07) is -0.548. The van der Waals surface area contributed by atoms with E-state index in [9.17, 15) is 22.4 Å². The molecule has 0 bridgehead atoms. The molecular formula is C25H30F4N4O3. The molecule has 196 valence electrons. The monoisotopic (exact) mass is 510 g/mol. The molecule has 2 unspecified atom stereocenters. The quantitative estimate of drug-likeness (QED) is 0.474. The molecule has 2 atom stereocenters. The molecule has 0 radical (unpaired) electrons. The van der Waals surface area contributed by atoms with Gasteiger partial charge in [0.1, 0.15) is 35.6 Å². The van der Waals surface area contributed by atoms with E-state index in [1.54, 1.807) is 17.6 Å². The summed E-state index contributed by atoms with van der Waals surface area (Å²) in [6.45, 7) is 2.01. The van der Waals surface area contributed by atoms with Crippen LogP contribution < -0.4 is 11.1 Å². The molecule has 3 N–H and O–H groups in total. The third-order valence-electron chi connectivity index (χ3n) is 6.47. The summed E-state index contributed by atoms with van der Waals surface area (Å²) in [5, 5.41) is 2.83. The number of hydrogen-bond donors (Lipinski definition) is 2. The Balaban J connectivity index is 1.40. The summed E-state index contributed by atoms with van der Waals surface area (Å²) in [5.74, 6) is -2.35. The number of nitrogens with zero attached hydrogens (tertiary/aromatic N) is 2. The number of imidazole rings is 1. The van der Waals surface area contributed by atoms with Crippen LogP contribution in [-0.2, 0) is 16.0 Å². The van der Waals surface area contributed by atoms with E-state index in [0.717, 1.165) is 0 Å². The Labute approximate surface area is 206 Å². The molecule has 1 aromatic heterocycles. The van der Waals surface area contributed by atoms with Crippen LogP contribution in [0.15, 0.2) is 41.0 Å². The van der Waals surface area contributed by atoms with Crippen molar-refractivity contribution in [3.63, 3.8) is 0 Å². The van der Waals surface area contributed by atoms with Crippen molar-refractivity contribution in [2.45, 2.75) is 64.1 Å². The van der Waals surface area contributed by atoms with Crippen LogP contribution in [-0.4, -0.2) is 47.4 Å². The molecule has 3 aliphatic rings. The Morgan fingerprint density at radius 3 is 2.72 bits per heavy atom. The predicted octanol–water partition coefficient (Wildman–Crippen LogP) is 4.60. The highest BCUT2D eigenvalue weighted by atomic mass is 19.2. The summed E-state index contributed by atoms with van der Waals surface area (Å²) in [7, 11) is 0. The van der Waals surface area contributed by atoms with Crippen molar-refractivity contribution in [1.82, 2.24) is 14.9 Å². The van der Waals surface area contributed by atoms with E-state index >= 15 is 0 Å². The van der Waals surface area contributed by atoms with Crippen molar-refractivity contribution in [1.29, 1.82) is 0 Å². The number of nitrogens with one attached hydrogen (secondary N) is 1. The molecule has 1 aliphatic heterocycles. The number of fused-ring (bicyclic) bond motifs is 1. The summed E-state index contributed by atoms with van der Waals surface area (Å²) in [6.07, 6.45) is 3.84. The largest absolute Gasteiger partial charge is 0.485 e.